The average Bonchev–Trinajstić information content (AvgIpc) is 2.86. The summed E-state index contributed by atoms with van der Waals surface area (Å²) >= 11 is 0. The Labute approximate surface area is 147 Å². The van der Waals surface area contributed by atoms with Crippen LogP contribution in [0.15, 0.2) is 0 Å². The molecule has 0 aromatic heterocycles. The van der Waals surface area contributed by atoms with Crippen LogP contribution >= 0.6 is 0 Å². The molecule has 2 amide bonds. The van der Waals surface area contributed by atoms with Gasteiger partial charge in [0.05, 0.1) is 0 Å². The predicted octanol–water partition coefficient (Wildman–Crippen LogP) is 2.49. The molecule has 0 aromatic carbocycles. The minimum absolute atomic E-state index is 0. The van der Waals surface area contributed by atoms with Crippen molar-refractivity contribution in [1.82, 2.24) is 9.80 Å². The Balaban J connectivity index is 0.00000288. The second kappa shape index (κ2) is 7.85. The predicted molar refractivity (Wildman–Crippen MR) is 98.4 cm³/mol. The van der Waals surface area contributed by atoms with E-state index >= 15 is 0 Å². The molecule has 1 saturated carbocycles. The summed E-state index contributed by atoms with van der Waals surface area (Å²) in [7, 11) is 3.54. The van der Waals surface area contributed by atoms with E-state index in [4.69, 9.17) is 5.73 Å². The fourth-order valence-electron chi connectivity index (χ4n) is 4.15. The number of carbonyl (C=O) groups excluding carboxylic acids is 2. The van der Waals surface area contributed by atoms with Gasteiger partial charge >= 0.3 is 0 Å². The molecule has 1 saturated heterocycles. The van der Waals surface area contributed by atoms with Crippen molar-refractivity contribution in [3.8, 4) is 0 Å². The molecule has 0 aromatic rings. The van der Waals surface area contributed by atoms with Crippen molar-refractivity contribution in [1.29, 1.82) is 0 Å². The number of nitrogens with zero attached hydrogens (tertiary/aromatic N) is 2. The zero-order valence-corrected chi connectivity index (χ0v) is 15.3. The highest BCUT2D eigenvalue weighted by Crippen LogP contribution is 2.37. The van der Waals surface area contributed by atoms with Crippen LogP contribution < -0.4 is 5.73 Å². The molecule has 0 bridgehead atoms. The summed E-state index contributed by atoms with van der Waals surface area (Å²) in [5.41, 5.74) is 6.05. The van der Waals surface area contributed by atoms with Crippen LogP contribution in [-0.2, 0) is 9.59 Å². The monoisotopic (exact) mass is 339 g/mol. The molecular weight excluding hydrogens is 302 g/mol. The molecule has 1 aliphatic carbocycles. The van der Waals surface area contributed by atoms with Crippen LogP contribution in [0.5, 0.6) is 0 Å². The summed E-state index contributed by atoms with van der Waals surface area (Å²) in [6.07, 6.45) is 4.74. The van der Waals surface area contributed by atoms with E-state index in [0.29, 0.717) is 12.5 Å². The van der Waals surface area contributed by atoms with Gasteiger partial charge in [0.1, 0.15) is 6.04 Å². The fraction of sp³-hybridized carbons (Fsp3) is 0.895. The van der Waals surface area contributed by atoms with Crippen molar-refractivity contribution in [2.45, 2.75) is 71.9 Å². The van der Waals surface area contributed by atoms with Gasteiger partial charge in [-0.15, -0.1) is 0 Å². The lowest BCUT2D eigenvalue weighted by molar-refractivity contribution is -0.146. The maximum Gasteiger partial charge on any atom is 0.245 e. The van der Waals surface area contributed by atoms with Gasteiger partial charge in [0.25, 0.3) is 0 Å². The normalized spacial score (nSPS) is 30.7. The molecule has 5 heteroatoms. The standard InChI is InChI=1S/C18H33N3O2.CH4/c1-12-10-11-21(15(12)17(23)20(4)5)16(22)13-6-8-14(9-7-13)18(2,3)19;/h12-15H,6-11,19H2,1-5H3;1H4. The first-order valence-electron chi connectivity index (χ1n) is 8.93. The minimum atomic E-state index is -0.277. The summed E-state index contributed by atoms with van der Waals surface area (Å²) in [4.78, 5) is 28.9. The SMILES string of the molecule is C.CC1CCN(C(=O)C2CCC(C(C)(C)N)CC2)C1C(=O)N(C)C. The number of rotatable bonds is 3. The van der Waals surface area contributed by atoms with E-state index < -0.39 is 0 Å². The summed E-state index contributed by atoms with van der Waals surface area (Å²) < 4.78 is 0. The largest absolute Gasteiger partial charge is 0.347 e. The Bertz CT molecular complexity index is 448. The van der Waals surface area contributed by atoms with Crippen molar-refractivity contribution in [3.63, 3.8) is 0 Å². The highest BCUT2D eigenvalue weighted by Gasteiger charge is 2.43. The van der Waals surface area contributed by atoms with Crippen molar-refractivity contribution in [3.05, 3.63) is 0 Å². The number of hydrogen-bond donors (Lipinski definition) is 1. The molecule has 2 unspecified atom stereocenters. The van der Waals surface area contributed by atoms with E-state index in [9.17, 15) is 9.59 Å². The van der Waals surface area contributed by atoms with Gasteiger partial charge in [-0.1, -0.05) is 14.4 Å². The number of likely N-dealkylation sites (N-methyl/N-ethyl adjacent to an activating group) is 1. The van der Waals surface area contributed by atoms with E-state index in [2.05, 4.69) is 20.8 Å². The van der Waals surface area contributed by atoms with E-state index in [-0.39, 0.29) is 42.7 Å². The Morgan fingerprint density at radius 3 is 2.08 bits per heavy atom. The van der Waals surface area contributed by atoms with E-state index in [1.54, 1.807) is 19.0 Å². The lowest BCUT2D eigenvalue weighted by atomic mass is 9.73. The van der Waals surface area contributed by atoms with Gasteiger partial charge in [0.2, 0.25) is 11.8 Å². The van der Waals surface area contributed by atoms with Crippen LogP contribution in [0, 0.1) is 17.8 Å². The zero-order chi connectivity index (χ0) is 17.4. The molecule has 1 heterocycles. The molecule has 2 atom stereocenters. The van der Waals surface area contributed by atoms with E-state index in [1.165, 1.54) is 0 Å². The maximum atomic E-state index is 13.0. The van der Waals surface area contributed by atoms with Gasteiger partial charge in [0.15, 0.2) is 0 Å². The number of amides is 2. The second-order valence-corrected chi connectivity index (χ2v) is 8.35. The smallest absolute Gasteiger partial charge is 0.245 e. The Kier molecular flexibility index (Phi) is 6.85. The molecule has 2 aliphatic rings. The molecule has 0 spiro atoms. The average molecular weight is 340 g/mol. The highest BCUT2D eigenvalue weighted by atomic mass is 16.2. The van der Waals surface area contributed by atoms with Crippen molar-refractivity contribution in [2.24, 2.45) is 23.5 Å². The topological polar surface area (TPSA) is 66.6 Å². The third kappa shape index (κ3) is 4.29. The van der Waals surface area contributed by atoms with Crippen LogP contribution in [0.2, 0.25) is 0 Å². The van der Waals surface area contributed by atoms with Crippen molar-refractivity contribution in [2.75, 3.05) is 20.6 Å². The van der Waals surface area contributed by atoms with Crippen LogP contribution in [0.4, 0.5) is 0 Å². The quantitative estimate of drug-likeness (QED) is 0.859. The summed E-state index contributed by atoms with van der Waals surface area (Å²) in [5, 5.41) is 0. The number of hydrogen-bond acceptors (Lipinski definition) is 3. The maximum absolute atomic E-state index is 13.0. The van der Waals surface area contributed by atoms with Gasteiger partial charge in [-0.05, 0) is 57.8 Å². The lowest BCUT2D eigenvalue weighted by Crippen LogP contribution is -2.50. The zero-order valence-electron chi connectivity index (χ0n) is 15.3. The Hall–Kier alpha value is -1.10. The fourth-order valence-corrected chi connectivity index (χ4v) is 4.15. The third-order valence-corrected chi connectivity index (χ3v) is 5.81. The first-order valence-corrected chi connectivity index (χ1v) is 8.93. The first kappa shape index (κ1) is 20.9. The molecule has 24 heavy (non-hydrogen) atoms. The molecular formula is C19H37N3O2. The van der Waals surface area contributed by atoms with Gasteiger partial charge in [-0.3, -0.25) is 9.59 Å². The van der Waals surface area contributed by atoms with Crippen LogP contribution in [0.1, 0.15) is 60.3 Å². The van der Waals surface area contributed by atoms with Gasteiger partial charge in [-0.2, -0.15) is 0 Å². The minimum Gasteiger partial charge on any atom is -0.347 e. The summed E-state index contributed by atoms with van der Waals surface area (Å²) in [6, 6.07) is -0.277. The molecule has 0 radical (unpaired) electrons. The van der Waals surface area contributed by atoms with Gasteiger partial charge < -0.3 is 15.5 Å². The number of nitrogens with two attached hydrogens (primary N) is 1. The molecule has 2 rings (SSSR count). The lowest BCUT2D eigenvalue weighted by Gasteiger charge is -2.38. The second-order valence-electron chi connectivity index (χ2n) is 8.35. The van der Waals surface area contributed by atoms with Crippen molar-refractivity contribution >= 4 is 11.8 Å². The number of carbonyl (C=O) groups is 2. The van der Waals surface area contributed by atoms with Crippen LogP contribution in [0.25, 0.3) is 0 Å². The molecule has 5 nitrogen and oxygen atoms in total. The van der Waals surface area contributed by atoms with Crippen LogP contribution in [-0.4, -0.2) is 53.8 Å². The van der Waals surface area contributed by atoms with Gasteiger partial charge in [0, 0.05) is 32.1 Å². The van der Waals surface area contributed by atoms with Crippen molar-refractivity contribution < 1.29 is 9.59 Å². The Morgan fingerprint density at radius 1 is 1.08 bits per heavy atom. The summed E-state index contributed by atoms with van der Waals surface area (Å²) in [6.45, 7) is 6.95. The first-order chi connectivity index (χ1) is 10.6. The molecule has 1 aliphatic heterocycles. The third-order valence-electron chi connectivity index (χ3n) is 5.81. The molecule has 2 N–H and O–H groups in total. The molecule has 140 valence electrons. The number of likely N-dealkylation sites (tertiary alicyclic amines) is 1. The van der Waals surface area contributed by atoms with Crippen LogP contribution in [0.3, 0.4) is 0 Å². The molecule has 2 fully saturated rings. The Morgan fingerprint density at radius 2 is 1.62 bits per heavy atom. The van der Waals surface area contributed by atoms with E-state index in [0.717, 1.165) is 32.1 Å². The highest BCUT2D eigenvalue weighted by molar-refractivity contribution is 5.89. The van der Waals surface area contributed by atoms with E-state index in [1.807, 2.05) is 4.90 Å². The van der Waals surface area contributed by atoms with Gasteiger partial charge in [-0.25, -0.2) is 0 Å². The summed E-state index contributed by atoms with van der Waals surface area (Å²) in [5.74, 6) is 1.04.